The molecule has 0 N–H and O–H groups in total. The van der Waals surface area contributed by atoms with Crippen molar-refractivity contribution in [1.29, 1.82) is 0 Å². The summed E-state index contributed by atoms with van der Waals surface area (Å²) in [5.41, 5.74) is 17.9. The molecule has 11 aromatic rings. The van der Waals surface area contributed by atoms with Crippen LogP contribution in [0.1, 0.15) is 52.7 Å². The van der Waals surface area contributed by atoms with E-state index in [1.165, 1.54) is 86.9 Å². The van der Waals surface area contributed by atoms with E-state index in [-0.39, 0.29) is 17.5 Å². The number of benzene rings is 8. The molecule has 8 aromatic carbocycles. The largest absolute Gasteiger partial charge is 0.456 e. The Labute approximate surface area is 377 Å². The maximum Gasteiger partial charge on any atom is 0.264 e. The van der Waals surface area contributed by atoms with Crippen LogP contribution in [0.4, 0.5) is 34.1 Å². The average molecular weight is 844 g/mol. The standard InChI is InChI=1S/C58H46BN3OS/c1-57(2,3)35-25-29-37(30-26-35)60-46-21-14-22-47-52(46)59(56-53(60)42-33-34-50-51(55(42)64-56)41-17-9-12-24-49(41)63-50)43-18-13-23-48(54(43)61(47)38-31-27-36(28-32-38)58(4,5)6)62-44-19-10-7-15-39(44)40-16-8-11-20-45(40)62/h7-34H,1-6H3. The molecule has 13 rings (SSSR count). The molecular formula is C58H46BN3OS. The third kappa shape index (κ3) is 5.23. The van der Waals surface area contributed by atoms with E-state index in [2.05, 4.69) is 226 Å². The summed E-state index contributed by atoms with van der Waals surface area (Å²) in [6.07, 6.45) is 0. The molecule has 0 saturated carbocycles. The molecule has 64 heavy (non-hydrogen) atoms. The maximum absolute atomic E-state index is 6.55. The molecule has 3 aromatic heterocycles. The summed E-state index contributed by atoms with van der Waals surface area (Å²) in [6.45, 7) is 13.7. The number of para-hydroxylation sites is 4. The summed E-state index contributed by atoms with van der Waals surface area (Å²) in [7, 11) is 0. The van der Waals surface area contributed by atoms with Gasteiger partial charge in [0, 0.05) is 59.2 Å². The van der Waals surface area contributed by atoms with Gasteiger partial charge < -0.3 is 18.8 Å². The van der Waals surface area contributed by atoms with Crippen molar-refractivity contribution in [2.75, 3.05) is 9.80 Å². The molecule has 4 nitrogen and oxygen atoms in total. The van der Waals surface area contributed by atoms with Gasteiger partial charge in [-0.05, 0) is 106 Å². The quantitative estimate of drug-likeness (QED) is 0.166. The summed E-state index contributed by atoms with van der Waals surface area (Å²) in [4.78, 5) is 5.13. The topological polar surface area (TPSA) is 24.6 Å². The predicted molar refractivity (Wildman–Crippen MR) is 275 cm³/mol. The van der Waals surface area contributed by atoms with E-state index < -0.39 is 0 Å². The first-order chi connectivity index (χ1) is 31.0. The zero-order valence-electron chi connectivity index (χ0n) is 36.9. The van der Waals surface area contributed by atoms with Crippen LogP contribution in [-0.4, -0.2) is 11.3 Å². The predicted octanol–water partition coefficient (Wildman–Crippen LogP) is 14.6. The lowest BCUT2D eigenvalue weighted by Crippen LogP contribution is -2.60. The fourth-order valence-electron chi connectivity index (χ4n) is 10.8. The minimum Gasteiger partial charge on any atom is -0.456 e. The molecular weight excluding hydrogens is 798 g/mol. The van der Waals surface area contributed by atoms with E-state index in [4.69, 9.17) is 4.42 Å². The number of aromatic nitrogens is 1. The fourth-order valence-corrected chi connectivity index (χ4v) is 12.3. The summed E-state index contributed by atoms with van der Waals surface area (Å²) < 4.78 is 11.7. The molecule has 0 bridgehead atoms. The van der Waals surface area contributed by atoms with Crippen molar-refractivity contribution in [2.45, 2.75) is 52.4 Å². The maximum atomic E-state index is 6.55. The van der Waals surface area contributed by atoms with Crippen molar-refractivity contribution in [3.05, 3.63) is 181 Å². The molecule has 0 aliphatic carbocycles. The molecule has 0 saturated heterocycles. The summed E-state index contributed by atoms with van der Waals surface area (Å²) >= 11 is 1.94. The molecule has 0 amide bonds. The van der Waals surface area contributed by atoms with E-state index in [1.807, 2.05) is 11.3 Å². The molecule has 0 radical (unpaired) electrons. The lowest BCUT2D eigenvalue weighted by atomic mass is 9.36. The van der Waals surface area contributed by atoms with E-state index in [1.54, 1.807) is 0 Å². The van der Waals surface area contributed by atoms with Crippen molar-refractivity contribution in [3.63, 3.8) is 0 Å². The van der Waals surface area contributed by atoms with Crippen LogP contribution in [0.2, 0.25) is 0 Å². The number of rotatable bonds is 3. The number of hydrogen-bond donors (Lipinski definition) is 0. The number of hydrogen-bond acceptors (Lipinski definition) is 4. The Kier molecular flexibility index (Phi) is 7.78. The summed E-state index contributed by atoms with van der Waals surface area (Å²) in [6, 6.07) is 63.4. The lowest BCUT2D eigenvalue weighted by molar-refractivity contribution is 0.590. The number of furan rings is 1. The van der Waals surface area contributed by atoms with Crippen LogP contribution in [0.25, 0.3) is 59.5 Å². The molecule has 0 atom stereocenters. The van der Waals surface area contributed by atoms with Crippen LogP contribution in [0.5, 0.6) is 0 Å². The van der Waals surface area contributed by atoms with Gasteiger partial charge in [-0.3, -0.25) is 0 Å². The molecule has 0 spiro atoms. The Morgan fingerprint density at radius 2 is 0.984 bits per heavy atom. The van der Waals surface area contributed by atoms with Gasteiger partial charge in [0.2, 0.25) is 0 Å². The Balaban J connectivity index is 1.16. The third-order valence-electron chi connectivity index (χ3n) is 13.9. The smallest absolute Gasteiger partial charge is 0.264 e. The van der Waals surface area contributed by atoms with Crippen LogP contribution in [-0.2, 0) is 10.8 Å². The second-order valence-corrected chi connectivity index (χ2v) is 20.8. The van der Waals surface area contributed by atoms with Gasteiger partial charge in [0.25, 0.3) is 6.71 Å². The molecule has 0 fully saturated rings. The lowest BCUT2D eigenvalue weighted by Gasteiger charge is -2.43. The summed E-state index contributed by atoms with van der Waals surface area (Å²) in [5.74, 6) is 0. The average Bonchev–Trinajstić information content (AvgIpc) is 3.98. The number of fused-ring (bicyclic) bond motifs is 13. The second-order valence-electron chi connectivity index (χ2n) is 19.7. The molecule has 2 aliphatic rings. The Morgan fingerprint density at radius 3 is 1.59 bits per heavy atom. The normalized spacial score (nSPS) is 13.7. The highest BCUT2D eigenvalue weighted by molar-refractivity contribution is 7.34. The molecule has 308 valence electrons. The minimum absolute atomic E-state index is 0.0236. The Bertz CT molecular complexity index is 3660. The molecule has 2 aliphatic heterocycles. The number of thiophene rings is 1. The van der Waals surface area contributed by atoms with E-state index in [0.29, 0.717) is 0 Å². The van der Waals surface area contributed by atoms with Crippen molar-refractivity contribution < 1.29 is 4.42 Å². The van der Waals surface area contributed by atoms with E-state index >= 15 is 0 Å². The monoisotopic (exact) mass is 843 g/mol. The zero-order valence-corrected chi connectivity index (χ0v) is 37.7. The van der Waals surface area contributed by atoms with Crippen LogP contribution >= 0.6 is 11.3 Å². The minimum atomic E-state index is -0.0370. The van der Waals surface area contributed by atoms with Gasteiger partial charge in [-0.25, -0.2) is 0 Å². The van der Waals surface area contributed by atoms with Gasteiger partial charge in [0.1, 0.15) is 11.2 Å². The highest BCUT2D eigenvalue weighted by atomic mass is 32.1. The van der Waals surface area contributed by atoms with Gasteiger partial charge in [-0.15, -0.1) is 11.3 Å². The van der Waals surface area contributed by atoms with Crippen molar-refractivity contribution in [3.8, 4) is 5.69 Å². The van der Waals surface area contributed by atoms with Crippen LogP contribution in [0.15, 0.2) is 174 Å². The molecule has 5 heterocycles. The fraction of sp³-hybridized carbons (Fsp3) is 0.138. The summed E-state index contributed by atoms with van der Waals surface area (Å²) in [5, 5.41) is 6.10. The van der Waals surface area contributed by atoms with Crippen molar-refractivity contribution in [1.82, 2.24) is 4.57 Å². The van der Waals surface area contributed by atoms with Crippen molar-refractivity contribution >= 4 is 122 Å². The third-order valence-corrected chi connectivity index (χ3v) is 15.2. The molecule has 0 unspecified atom stereocenters. The first kappa shape index (κ1) is 37.5. The van der Waals surface area contributed by atoms with Crippen molar-refractivity contribution in [2.24, 2.45) is 0 Å². The van der Waals surface area contributed by atoms with Crippen LogP contribution in [0, 0.1) is 0 Å². The first-order valence-corrected chi connectivity index (χ1v) is 23.3. The van der Waals surface area contributed by atoms with Crippen LogP contribution in [0.3, 0.4) is 0 Å². The van der Waals surface area contributed by atoms with Gasteiger partial charge in [-0.1, -0.05) is 139 Å². The van der Waals surface area contributed by atoms with Crippen LogP contribution < -0.4 is 25.5 Å². The molecule has 6 heteroatoms. The number of nitrogens with zero attached hydrogens (tertiary/aromatic N) is 3. The van der Waals surface area contributed by atoms with Gasteiger partial charge in [-0.2, -0.15) is 0 Å². The highest BCUT2D eigenvalue weighted by Crippen LogP contribution is 2.51. The van der Waals surface area contributed by atoms with E-state index in [0.717, 1.165) is 33.6 Å². The number of anilines is 6. The van der Waals surface area contributed by atoms with Gasteiger partial charge in [0.05, 0.1) is 28.1 Å². The Hall–Kier alpha value is -7.02. The van der Waals surface area contributed by atoms with Gasteiger partial charge >= 0.3 is 0 Å². The first-order valence-electron chi connectivity index (χ1n) is 22.5. The Morgan fingerprint density at radius 1 is 0.453 bits per heavy atom. The second kappa shape index (κ2) is 13.3. The SMILES string of the molecule is CC(C)(C)c1ccc(N2c3cccc4c3B(c3cccc(-n5c6ccccc6c6ccccc65)c32)c2sc3c(ccc5oc6ccccc6c53)c2N4c2ccc(C(C)(C)C)cc2)cc1. The van der Waals surface area contributed by atoms with E-state index in [9.17, 15) is 0 Å². The van der Waals surface area contributed by atoms with Gasteiger partial charge in [0.15, 0.2) is 0 Å². The highest BCUT2D eigenvalue weighted by Gasteiger charge is 2.46. The zero-order chi connectivity index (χ0) is 43.2.